The minimum absolute atomic E-state index is 0.132. The fraction of sp³-hybridized carbons (Fsp3) is 0.765. The van der Waals surface area contributed by atoms with E-state index in [0.717, 1.165) is 0 Å². The molecule has 1 aromatic heterocycles. The lowest BCUT2D eigenvalue weighted by Crippen LogP contribution is -2.58. The van der Waals surface area contributed by atoms with Crippen molar-refractivity contribution in [3.63, 3.8) is 0 Å². The Morgan fingerprint density at radius 3 is 2.62 bits per heavy atom. The Morgan fingerprint density at radius 1 is 1.46 bits per heavy atom. The predicted molar refractivity (Wildman–Crippen MR) is 100.0 cm³/mol. The number of nitrogens with zero attached hydrogens (tertiary/aromatic N) is 2. The molecule has 4 N–H and O–H groups in total. The summed E-state index contributed by atoms with van der Waals surface area (Å²) in [5.74, 6) is -0.334. The number of nitrogens with two attached hydrogens (primary N) is 1. The van der Waals surface area contributed by atoms with Crippen LogP contribution in [0.3, 0.4) is 0 Å². The molecule has 8 nitrogen and oxygen atoms in total. The largest absolute Gasteiger partial charge is 0.349 e. The number of carbonyl (C=O) groups is 1. The lowest BCUT2D eigenvalue weighted by atomic mass is 9.87. The van der Waals surface area contributed by atoms with Crippen molar-refractivity contribution in [3.05, 3.63) is 11.4 Å². The van der Waals surface area contributed by atoms with Gasteiger partial charge in [-0.3, -0.25) is 9.89 Å². The summed E-state index contributed by atoms with van der Waals surface area (Å²) in [5, 5.41) is 9.74. The maximum Gasteiger partial charge on any atom is 0.246 e. The highest BCUT2D eigenvalue weighted by atomic mass is 32.2. The van der Waals surface area contributed by atoms with Gasteiger partial charge in [-0.05, 0) is 39.5 Å². The first-order valence-corrected chi connectivity index (χ1v) is 10.5. The molecule has 1 saturated heterocycles. The Balaban J connectivity index is 2.18. The molecule has 148 valence electrons. The molecule has 2 unspecified atom stereocenters. The van der Waals surface area contributed by atoms with Gasteiger partial charge in [0.1, 0.15) is 4.90 Å². The van der Waals surface area contributed by atoms with Crippen LogP contribution in [0.15, 0.2) is 4.90 Å². The summed E-state index contributed by atoms with van der Waals surface area (Å²) < 4.78 is 27.4. The number of amides is 1. The van der Waals surface area contributed by atoms with E-state index >= 15 is 0 Å². The van der Waals surface area contributed by atoms with Crippen molar-refractivity contribution in [2.45, 2.75) is 57.9 Å². The molecule has 9 heteroatoms. The number of piperidine rings is 1. The summed E-state index contributed by atoms with van der Waals surface area (Å²) in [6.45, 7) is 10.2. The van der Waals surface area contributed by atoms with Crippen LogP contribution in [-0.4, -0.2) is 54.0 Å². The van der Waals surface area contributed by atoms with Crippen LogP contribution in [0, 0.1) is 25.7 Å². The first-order chi connectivity index (χ1) is 12.0. The van der Waals surface area contributed by atoms with E-state index in [1.54, 1.807) is 13.8 Å². The molecule has 1 aromatic rings. The third-order valence-electron chi connectivity index (χ3n) is 5.52. The lowest BCUT2D eigenvalue weighted by Gasteiger charge is -2.37. The molecule has 0 radical (unpaired) electrons. The third-order valence-corrected chi connectivity index (χ3v) is 7.65. The number of hydrogen-bond acceptors (Lipinski definition) is 5. The average Bonchev–Trinajstić information content (AvgIpc) is 2.93. The maximum atomic E-state index is 13.0. The van der Waals surface area contributed by atoms with Crippen molar-refractivity contribution in [2.24, 2.45) is 17.6 Å². The van der Waals surface area contributed by atoms with Gasteiger partial charge in [0.05, 0.1) is 22.8 Å². The number of aryl methyl sites for hydroxylation is 2. The van der Waals surface area contributed by atoms with Crippen molar-refractivity contribution in [1.82, 2.24) is 19.8 Å². The van der Waals surface area contributed by atoms with E-state index in [2.05, 4.69) is 15.5 Å². The summed E-state index contributed by atoms with van der Waals surface area (Å²) in [6.07, 6.45) is 1.31. The number of nitrogens with one attached hydrogen (secondary N) is 2. The van der Waals surface area contributed by atoms with Crippen molar-refractivity contribution >= 4 is 15.9 Å². The molecule has 0 saturated carbocycles. The number of carbonyl (C=O) groups excluding carboxylic acids is 1. The van der Waals surface area contributed by atoms with Crippen LogP contribution in [0.2, 0.25) is 0 Å². The molecule has 2 atom stereocenters. The standard InChI is InChI=1S/C17H31N5O3S/c1-11(2)17(5,10-18)19-16(23)14-7-6-8-22(9-14)26(24,25)15-12(3)20-21-13(15)4/h11,14H,6-10,18H2,1-5H3,(H,19,23)(H,20,21). The number of sulfonamides is 1. The molecule has 0 aromatic carbocycles. The topological polar surface area (TPSA) is 121 Å². The number of H-pyrrole nitrogens is 1. The molecule has 1 aliphatic heterocycles. The summed E-state index contributed by atoms with van der Waals surface area (Å²) in [6, 6.07) is 0. The normalized spacial score (nSPS) is 21.6. The maximum absolute atomic E-state index is 13.0. The van der Waals surface area contributed by atoms with Crippen molar-refractivity contribution in [1.29, 1.82) is 0 Å². The second-order valence-electron chi connectivity index (χ2n) is 7.73. The Hall–Kier alpha value is -1.45. The minimum atomic E-state index is -3.68. The van der Waals surface area contributed by atoms with Gasteiger partial charge in [0.2, 0.25) is 15.9 Å². The van der Waals surface area contributed by atoms with E-state index in [-0.39, 0.29) is 29.2 Å². The van der Waals surface area contributed by atoms with Gasteiger partial charge in [-0.1, -0.05) is 13.8 Å². The van der Waals surface area contributed by atoms with Gasteiger partial charge in [0.15, 0.2) is 0 Å². The molecule has 2 heterocycles. The van der Waals surface area contributed by atoms with Crippen LogP contribution < -0.4 is 11.1 Å². The molecule has 1 fully saturated rings. The smallest absolute Gasteiger partial charge is 0.246 e. The Morgan fingerprint density at radius 2 is 2.12 bits per heavy atom. The van der Waals surface area contributed by atoms with Gasteiger partial charge < -0.3 is 11.1 Å². The Bertz CT molecular complexity index is 739. The molecule has 0 aliphatic carbocycles. The van der Waals surface area contributed by atoms with E-state index < -0.39 is 15.6 Å². The van der Waals surface area contributed by atoms with Gasteiger partial charge in [-0.2, -0.15) is 9.40 Å². The highest BCUT2D eigenvalue weighted by Crippen LogP contribution is 2.27. The summed E-state index contributed by atoms with van der Waals surface area (Å²) in [5.41, 5.74) is 6.31. The van der Waals surface area contributed by atoms with E-state index in [9.17, 15) is 13.2 Å². The third kappa shape index (κ3) is 3.94. The zero-order valence-corrected chi connectivity index (χ0v) is 17.1. The quantitative estimate of drug-likeness (QED) is 0.672. The zero-order valence-electron chi connectivity index (χ0n) is 16.3. The van der Waals surface area contributed by atoms with E-state index in [0.29, 0.717) is 37.3 Å². The number of rotatable bonds is 6. The Kier molecular flexibility index (Phi) is 6.14. The van der Waals surface area contributed by atoms with Crippen molar-refractivity contribution in [3.8, 4) is 0 Å². The van der Waals surface area contributed by atoms with Crippen LogP contribution in [0.5, 0.6) is 0 Å². The lowest BCUT2D eigenvalue weighted by molar-refractivity contribution is -0.128. The molecule has 1 amide bonds. The van der Waals surface area contributed by atoms with Gasteiger partial charge in [0.25, 0.3) is 0 Å². The molecular weight excluding hydrogens is 354 g/mol. The van der Waals surface area contributed by atoms with Gasteiger partial charge in [-0.15, -0.1) is 0 Å². The zero-order chi connectivity index (χ0) is 19.7. The highest BCUT2D eigenvalue weighted by Gasteiger charge is 2.38. The second-order valence-corrected chi connectivity index (χ2v) is 9.61. The predicted octanol–water partition coefficient (Wildman–Crippen LogP) is 0.917. The van der Waals surface area contributed by atoms with Gasteiger partial charge >= 0.3 is 0 Å². The molecule has 1 aliphatic rings. The average molecular weight is 386 g/mol. The summed E-state index contributed by atoms with van der Waals surface area (Å²) in [7, 11) is -3.68. The molecule has 2 rings (SSSR count). The van der Waals surface area contributed by atoms with E-state index in [1.165, 1.54) is 4.31 Å². The summed E-state index contributed by atoms with van der Waals surface area (Å²) >= 11 is 0. The number of hydrogen-bond donors (Lipinski definition) is 3. The minimum Gasteiger partial charge on any atom is -0.349 e. The molecule has 26 heavy (non-hydrogen) atoms. The van der Waals surface area contributed by atoms with E-state index in [1.807, 2.05) is 20.8 Å². The molecule has 0 bridgehead atoms. The van der Waals surface area contributed by atoms with Gasteiger partial charge in [-0.25, -0.2) is 8.42 Å². The second kappa shape index (κ2) is 7.66. The molecular formula is C17H31N5O3S. The Labute approximate surface area is 156 Å². The van der Waals surface area contributed by atoms with Crippen molar-refractivity contribution in [2.75, 3.05) is 19.6 Å². The van der Waals surface area contributed by atoms with Crippen molar-refractivity contribution < 1.29 is 13.2 Å². The fourth-order valence-corrected chi connectivity index (χ4v) is 5.09. The first kappa shape index (κ1) is 20.9. The van der Waals surface area contributed by atoms with Crippen LogP contribution in [0.25, 0.3) is 0 Å². The SMILES string of the molecule is Cc1n[nH]c(C)c1S(=O)(=O)N1CCCC(C(=O)NC(C)(CN)C(C)C)C1. The molecule has 0 spiro atoms. The van der Waals surface area contributed by atoms with Crippen LogP contribution in [-0.2, 0) is 14.8 Å². The van der Waals surface area contributed by atoms with Crippen LogP contribution >= 0.6 is 0 Å². The van der Waals surface area contributed by atoms with E-state index in [4.69, 9.17) is 5.73 Å². The number of aromatic nitrogens is 2. The monoisotopic (exact) mass is 385 g/mol. The van der Waals surface area contributed by atoms with Crippen LogP contribution in [0.1, 0.15) is 45.0 Å². The fourth-order valence-electron chi connectivity index (χ4n) is 3.24. The van der Waals surface area contributed by atoms with Crippen LogP contribution in [0.4, 0.5) is 0 Å². The first-order valence-electron chi connectivity index (χ1n) is 9.06. The summed E-state index contributed by atoms with van der Waals surface area (Å²) in [4.78, 5) is 13.0. The van der Waals surface area contributed by atoms with Gasteiger partial charge in [0, 0.05) is 19.6 Å². The number of aromatic amines is 1. The highest BCUT2D eigenvalue weighted by molar-refractivity contribution is 7.89.